The number of esters is 1. The van der Waals surface area contributed by atoms with Crippen LogP contribution in [0.3, 0.4) is 0 Å². The van der Waals surface area contributed by atoms with Crippen LogP contribution in [0.4, 0.5) is 16.2 Å². The first-order chi connectivity index (χ1) is 13.5. The maximum atomic E-state index is 12.9. The van der Waals surface area contributed by atoms with Crippen LogP contribution in [-0.2, 0) is 22.5 Å². The molecule has 6 heteroatoms. The Morgan fingerprint density at radius 1 is 0.929 bits per heavy atom. The Bertz CT molecular complexity index is 816. The number of aryl methyl sites for hydroxylation is 1. The lowest BCUT2D eigenvalue weighted by atomic mass is 10.1. The summed E-state index contributed by atoms with van der Waals surface area (Å²) in [6.45, 7) is 2.19. The summed E-state index contributed by atoms with van der Waals surface area (Å²) in [4.78, 5) is 29.9. The molecule has 3 rings (SSSR count). The molecule has 2 amide bonds. The lowest BCUT2D eigenvalue weighted by Gasteiger charge is -2.19. The van der Waals surface area contributed by atoms with Gasteiger partial charge in [-0.15, -0.1) is 0 Å². The van der Waals surface area contributed by atoms with E-state index in [4.69, 9.17) is 0 Å². The molecule has 0 aromatic heterocycles. The van der Waals surface area contributed by atoms with Gasteiger partial charge in [0, 0.05) is 37.4 Å². The van der Waals surface area contributed by atoms with Crippen molar-refractivity contribution in [1.82, 2.24) is 4.90 Å². The predicted octanol–water partition coefficient (Wildman–Crippen LogP) is 3.30. The maximum absolute atomic E-state index is 12.9. The first-order valence-electron chi connectivity index (χ1n) is 9.46. The minimum Gasteiger partial charge on any atom is -0.469 e. The second-order valence-electron chi connectivity index (χ2n) is 7.23. The van der Waals surface area contributed by atoms with Gasteiger partial charge in [0.25, 0.3) is 0 Å². The van der Waals surface area contributed by atoms with Crippen LogP contribution in [0.15, 0.2) is 48.5 Å². The molecule has 0 unspecified atom stereocenters. The van der Waals surface area contributed by atoms with Crippen LogP contribution in [0.25, 0.3) is 0 Å². The monoisotopic (exact) mass is 381 g/mol. The van der Waals surface area contributed by atoms with E-state index in [1.54, 1.807) is 4.90 Å². The summed E-state index contributed by atoms with van der Waals surface area (Å²) in [6, 6.07) is 16.0. The van der Waals surface area contributed by atoms with Gasteiger partial charge in [0.15, 0.2) is 0 Å². The van der Waals surface area contributed by atoms with Gasteiger partial charge in [0.2, 0.25) is 0 Å². The Balaban J connectivity index is 1.64. The zero-order valence-electron chi connectivity index (χ0n) is 16.7. The van der Waals surface area contributed by atoms with Crippen LogP contribution < -0.4 is 9.80 Å². The lowest BCUT2D eigenvalue weighted by Crippen LogP contribution is -2.31. The third-order valence-corrected chi connectivity index (χ3v) is 4.85. The average molecular weight is 381 g/mol. The average Bonchev–Trinajstić information content (AvgIpc) is 3.08. The first-order valence-corrected chi connectivity index (χ1v) is 9.46. The summed E-state index contributed by atoms with van der Waals surface area (Å²) in [5.41, 5.74) is 4.07. The summed E-state index contributed by atoms with van der Waals surface area (Å²) in [5, 5.41) is 0. The molecule has 2 aromatic rings. The fraction of sp³-hybridized carbons (Fsp3) is 0.364. The van der Waals surface area contributed by atoms with Crippen LogP contribution in [0, 0.1) is 0 Å². The van der Waals surface area contributed by atoms with Gasteiger partial charge in [-0.3, -0.25) is 14.6 Å². The highest BCUT2D eigenvalue weighted by Crippen LogP contribution is 2.26. The summed E-state index contributed by atoms with van der Waals surface area (Å²) >= 11 is 0. The number of ether oxygens (including phenoxy) is 1. The number of amides is 2. The predicted molar refractivity (Wildman–Crippen MR) is 111 cm³/mol. The van der Waals surface area contributed by atoms with E-state index in [0.29, 0.717) is 25.9 Å². The number of hydrogen-bond donors (Lipinski definition) is 0. The van der Waals surface area contributed by atoms with Gasteiger partial charge < -0.3 is 9.64 Å². The van der Waals surface area contributed by atoms with Crippen molar-refractivity contribution >= 4 is 23.4 Å². The van der Waals surface area contributed by atoms with Crippen molar-refractivity contribution in [1.29, 1.82) is 0 Å². The Morgan fingerprint density at radius 2 is 1.43 bits per heavy atom. The topological polar surface area (TPSA) is 53.1 Å². The minimum atomic E-state index is -0.217. The molecule has 1 aliphatic rings. The second kappa shape index (κ2) is 8.89. The molecule has 6 nitrogen and oxygen atoms in total. The van der Waals surface area contributed by atoms with Gasteiger partial charge in [-0.05, 0) is 55.9 Å². The molecule has 0 spiro atoms. The van der Waals surface area contributed by atoms with Crippen molar-refractivity contribution in [2.24, 2.45) is 0 Å². The Hall–Kier alpha value is -2.86. The zero-order valence-corrected chi connectivity index (χ0v) is 16.7. The van der Waals surface area contributed by atoms with Crippen molar-refractivity contribution in [2.75, 3.05) is 44.1 Å². The molecule has 148 valence electrons. The van der Waals surface area contributed by atoms with Crippen molar-refractivity contribution in [3.05, 3.63) is 59.7 Å². The van der Waals surface area contributed by atoms with E-state index in [0.717, 1.165) is 23.5 Å². The summed E-state index contributed by atoms with van der Waals surface area (Å²) in [6.07, 6.45) is 0.989. The number of anilines is 2. The number of hydrogen-bond acceptors (Lipinski definition) is 4. The Kier molecular flexibility index (Phi) is 6.31. The van der Waals surface area contributed by atoms with E-state index in [1.165, 1.54) is 12.7 Å². The molecule has 1 heterocycles. The summed E-state index contributed by atoms with van der Waals surface area (Å²) < 4.78 is 4.67. The zero-order chi connectivity index (χ0) is 20.1. The third-order valence-electron chi connectivity index (χ3n) is 4.85. The highest BCUT2D eigenvalue weighted by molar-refractivity contribution is 6.06. The van der Waals surface area contributed by atoms with Crippen molar-refractivity contribution in [2.45, 2.75) is 19.4 Å². The molecule has 0 bridgehead atoms. The van der Waals surface area contributed by atoms with Crippen LogP contribution in [0.5, 0.6) is 0 Å². The molecule has 0 saturated carbocycles. The molecule has 0 radical (unpaired) electrons. The van der Waals surface area contributed by atoms with Gasteiger partial charge >= 0.3 is 12.0 Å². The number of methoxy groups -OCH3 is 1. The van der Waals surface area contributed by atoms with Crippen LogP contribution in [0.1, 0.15) is 17.5 Å². The molecule has 1 saturated heterocycles. The highest BCUT2D eigenvalue weighted by atomic mass is 16.5. The number of benzene rings is 2. The van der Waals surface area contributed by atoms with Crippen molar-refractivity contribution in [3.8, 4) is 0 Å². The molecule has 2 aromatic carbocycles. The fourth-order valence-electron chi connectivity index (χ4n) is 3.35. The quantitative estimate of drug-likeness (QED) is 0.691. The molecular weight excluding hydrogens is 354 g/mol. The van der Waals surface area contributed by atoms with Crippen LogP contribution in [-0.4, -0.2) is 51.2 Å². The van der Waals surface area contributed by atoms with Gasteiger partial charge in [0.1, 0.15) is 0 Å². The SMILES string of the molecule is COC(=O)CCc1ccc(N2CCN(c3ccc(CN(C)C)cc3)C2=O)cc1. The largest absolute Gasteiger partial charge is 0.469 e. The van der Waals surface area contributed by atoms with Gasteiger partial charge in [0.05, 0.1) is 7.11 Å². The maximum Gasteiger partial charge on any atom is 0.329 e. The Labute approximate surface area is 166 Å². The molecule has 28 heavy (non-hydrogen) atoms. The molecule has 1 fully saturated rings. The van der Waals surface area contributed by atoms with Crippen LogP contribution >= 0.6 is 0 Å². The van der Waals surface area contributed by atoms with Gasteiger partial charge in [-0.2, -0.15) is 0 Å². The second-order valence-corrected chi connectivity index (χ2v) is 7.23. The molecule has 1 aliphatic heterocycles. The smallest absolute Gasteiger partial charge is 0.329 e. The van der Waals surface area contributed by atoms with E-state index in [2.05, 4.69) is 21.8 Å². The first kappa shape index (κ1) is 19.9. The van der Waals surface area contributed by atoms with E-state index < -0.39 is 0 Å². The van der Waals surface area contributed by atoms with E-state index >= 15 is 0 Å². The minimum absolute atomic E-state index is 0.0114. The highest BCUT2D eigenvalue weighted by Gasteiger charge is 2.30. The molecule has 0 N–H and O–H groups in total. The Morgan fingerprint density at radius 3 is 1.89 bits per heavy atom. The normalized spacial score (nSPS) is 14.1. The molecule has 0 aliphatic carbocycles. The summed E-state index contributed by atoms with van der Waals surface area (Å²) in [7, 11) is 5.47. The van der Waals surface area contributed by atoms with Gasteiger partial charge in [-0.1, -0.05) is 24.3 Å². The van der Waals surface area contributed by atoms with E-state index in [1.807, 2.05) is 55.4 Å². The number of urea groups is 1. The van der Waals surface area contributed by atoms with E-state index in [-0.39, 0.29) is 12.0 Å². The number of carbonyl (C=O) groups excluding carboxylic acids is 2. The fourth-order valence-corrected chi connectivity index (χ4v) is 3.35. The number of nitrogens with zero attached hydrogens (tertiary/aromatic N) is 3. The lowest BCUT2D eigenvalue weighted by molar-refractivity contribution is -0.140. The van der Waals surface area contributed by atoms with Gasteiger partial charge in [-0.25, -0.2) is 4.79 Å². The van der Waals surface area contributed by atoms with Crippen molar-refractivity contribution in [3.63, 3.8) is 0 Å². The number of carbonyl (C=O) groups is 2. The third kappa shape index (κ3) is 4.70. The molecule has 0 atom stereocenters. The van der Waals surface area contributed by atoms with Crippen molar-refractivity contribution < 1.29 is 14.3 Å². The summed E-state index contributed by atoms with van der Waals surface area (Å²) in [5.74, 6) is -0.217. The number of rotatable bonds is 7. The molecular formula is C22H27N3O3. The van der Waals surface area contributed by atoms with E-state index in [9.17, 15) is 9.59 Å². The standard InChI is InChI=1S/C22H27N3O3/c1-23(2)16-18-6-11-20(12-7-18)25-15-14-24(22(25)27)19-9-4-17(5-10-19)8-13-21(26)28-3/h4-7,9-12H,8,13-16H2,1-3H3. The van der Waals surface area contributed by atoms with Crippen LogP contribution in [0.2, 0.25) is 0 Å².